The fourth-order valence-electron chi connectivity index (χ4n) is 1.59. The maximum Gasteiger partial charge on any atom is 0.175 e. The highest BCUT2D eigenvalue weighted by Crippen LogP contribution is 2.25. The Balaban J connectivity index is 2.07. The number of rotatable bonds is 2. The molecule has 0 saturated heterocycles. The maximum atomic E-state index is 6.06. The van der Waals surface area contributed by atoms with Crippen LogP contribution >= 0.6 is 35.4 Å². The molecule has 0 spiro atoms. The molecule has 0 radical (unpaired) electrons. The molecule has 1 aromatic carbocycles. The largest absolute Gasteiger partial charge is 0.331 e. The van der Waals surface area contributed by atoms with Gasteiger partial charge in [-0.1, -0.05) is 23.2 Å². The number of thiocarbonyl (C=S) groups is 1. The zero-order valence-electron chi connectivity index (χ0n) is 10.4. The van der Waals surface area contributed by atoms with Crippen molar-refractivity contribution in [2.45, 2.75) is 6.92 Å². The van der Waals surface area contributed by atoms with Crippen LogP contribution in [0.25, 0.3) is 0 Å². The van der Waals surface area contributed by atoms with E-state index in [-0.39, 0.29) is 0 Å². The predicted octanol–water partition coefficient (Wildman–Crippen LogP) is 3.84. The molecular formula is C12H12Cl2N4S. The standard InChI is InChI=1S/C12H12Cl2N4S/c1-7-11(6-18(2)17-7)16-12(19)15-10-4-3-8(13)5-9(10)14/h3-6H,1-2H3,(H2,15,16,19). The van der Waals surface area contributed by atoms with E-state index in [0.717, 1.165) is 11.4 Å². The van der Waals surface area contributed by atoms with Crippen molar-refractivity contribution < 1.29 is 0 Å². The Morgan fingerprint density at radius 1 is 1.26 bits per heavy atom. The van der Waals surface area contributed by atoms with Crippen LogP contribution in [-0.4, -0.2) is 14.9 Å². The number of hydrogen-bond acceptors (Lipinski definition) is 2. The number of anilines is 2. The molecule has 0 saturated carbocycles. The predicted molar refractivity (Wildman–Crippen MR) is 84.3 cm³/mol. The first-order valence-corrected chi connectivity index (χ1v) is 6.65. The monoisotopic (exact) mass is 314 g/mol. The Kier molecular flexibility index (Phi) is 4.29. The van der Waals surface area contributed by atoms with Crippen molar-refractivity contribution >= 4 is 51.9 Å². The summed E-state index contributed by atoms with van der Waals surface area (Å²) in [5, 5.41) is 11.8. The Morgan fingerprint density at radius 2 is 1.95 bits per heavy atom. The molecule has 100 valence electrons. The topological polar surface area (TPSA) is 41.9 Å². The zero-order chi connectivity index (χ0) is 14.0. The fourth-order valence-corrected chi connectivity index (χ4v) is 2.26. The van der Waals surface area contributed by atoms with E-state index in [1.807, 2.05) is 20.2 Å². The summed E-state index contributed by atoms with van der Waals surface area (Å²) in [6.07, 6.45) is 1.85. The van der Waals surface area contributed by atoms with Crippen molar-refractivity contribution in [3.8, 4) is 0 Å². The van der Waals surface area contributed by atoms with E-state index in [0.29, 0.717) is 20.8 Å². The molecule has 1 heterocycles. The fraction of sp³-hybridized carbons (Fsp3) is 0.167. The molecular weight excluding hydrogens is 303 g/mol. The number of benzene rings is 1. The normalized spacial score (nSPS) is 10.3. The third-order valence-corrected chi connectivity index (χ3v) is 3.19. The van der Waals surface area contributed by atoms with E-state index in [1.165, 1.54) is 0 Å². The number of hydrogen-bond donors (Lipinski definition) is 2. The van der Waals surface area contributed by atoms with Crippen molar-refractivity contribution in [3.63, 3.8) is 0 Å². The van der Waals surface area contributed by atoms with Crippen LogP contribution in [0.4, 0.5) is 11.4 Å². The van der Waals surface area contributed by atoms with Gasteiger partial charge >= 0.3 is 0 Å². The van der Waals surface area contributed by atoms with Gasteiger partial charge < -0.3 is 10.6 Å². The molecule has 0 atom stereocenters. The minimum Gasteiger partial charge on any atom is -0.331 e. The van der Waals surface area contributed by atoms with Crippen LogP contribution < -0.4 is 10.6 Å². The van der Waals surface area contributed by atoms with E-state index < -0.39 is 0 Å². The summed E-state index contributed by atoms with van der Waals surface area (Å²) < 4.78 is 1.72. The molecule has 1 aromatic heterocycles. The number of nitrogens with one attached hydrogen (secondary N) is 2. The number of nitrogens with zero attached hydrogens (tertiary/aromatic N) is 2. The number of aryl methyl sites for hydroxylation is 2. The molecule has 0 aliphatic rings. The van der Waals surface area contributed by atoms with Crippen LogP contribution in [-0.2, 0) is 7.05 Å². The second kappa shape index (κ2) is 5.77. The first-order chi connectivity index (χ1) is 8.95. The van der Waals surface area contributed by atoms with Crippen LogP contribution in [0.1, 0.15) is 5.69 Å². The summed E-state index contributed by atoms with van der Waals surface area (Å²) in [6, 6.07) is 5.17. The van der Waals surface area contributed by atoms with E-state index in [4.69, 9.17) is 35.4 Å². The van der Waals surface area contributed by atoms with Crippen LogP contribution in [0, 0.1) is 6.92 Å². The van der Waals surface area contributed by atoms with Gasteiger partial charge in [-0.15, -0.1) is 0 Å². The van der Waals surface area contributed by atoms with Crippen LogP contribution in [0.15, 0.2) is 24.4 Å². The number of aromatic nitrogens is 2. The van der Waals surface area contributed by atoms with Gasteiger partial charge in [-0.2, -0.15) is 5.10 Å². The average molecular weight is 315 g/mol. The van der Waals surface area contributed by atoms with Gasteiger partial charge in [0.05, 0.1) is 22.1 Å². The molecule has 4 nitrogen and oxygen atoms in total. The minimum atomic E-state index is 0.445. The highest BCUT2D eigenvalue weighted by Gasteiger charge is 2.07. The molecule has 2 rings (SSSR count). The SMILES string of the molecule is Cc1nn(C)cc1NC(=S)Nc1ccc(Cl)cc1Cl. The van der Waals surface area contributed by atoms with Crippen molar-refractivity contribution in [3.05, 3.63) is 40.1 Å². The molecule has 0 fully saturated rings. The second-order valence-corrected chi connectivity index (χ2v) is 5.26. The smallest absolute Gasteiger partial charge is 0.175 e. The molecule has 7 heteroatoms. The van der Waals surface area contributed by atoms with Gasteiger partial charge in [-0.3, -0.25) is 4.68 Å². The van der Waals surface area contributed by atoms with Gasteiger partial charge in [-0.05, 0) is 37.3 Å². The highest BCUT2D eigenvalue weighted by molar-refractivity contribution is 7.80. The third kappa shape index (κ3) is 3.59. The van der Waals surface area contributed by atoms with Gasteiger partial charge in [-0.25, -0.2) is 0 Å². The van der Waals surface area contributed by atoms with E-state index in [2.05, 4.69) is 15.7 Å². The van der Waals surface area contributed by atoms with Crippen molar-refractivity contribution in [1.82, 2.24) is 9.78 Å². The summed E-state index contributed by atoms with van der Waals surface area (Å²) in [5.41, 5.74) is 2.42. The summed E-state index contributed by atoms with van der Waals surface area (Å²) in [6.45, 7) is 1.90. The lowest BCUT2D eigenvalue weighted by Crippen LogP contribution is -2.19. The lowest BCUT2D eigenvalue weighted by atomic mass is 10.3. The lowest BCUT2D eigenvalue weighted by Gasteiger charge is -2.11. The summed E-state index contributed by atoms with van der Waals surface area (Å²) in [4.78, 5) is 0. The molecule has 0 aliphatic heterocycles. The molecule has 0 bridgehead atoms. The van der Waals surface area contributed by atoms with Gasteiger partial charge in [0, 0.05) is 18.3 Å². The Hall–Kier alpha value is -1.30. The lowest BCUT2D eigenvalue weighted by molar-refractivity contribution is 0.756. The van der Waals surface area contributed by atoms with Crippen molar-refractivity contribution in [2.24, 2.45) is 7.05 Å². The van der Waals surface area contributed by atoms with Gasteiger partial charge in [0.25, 0.3) is 0 Å². The van der Waals surface area contributed by atoms with Crippen molar-refractivity contribution in [2.75, 3.05) is 10.6 Å². The molecule has 2 N–H and O–H groups in total. The summed E-state index contributed by atoms with van der Waals surface area (Å²) in [5.74, 6) is 0. The Bertz CT molecular complexity index is 624. The minimum absolute atomic E-state index is 0.445. The molecule has 19 heavy (non-hydrogen) atoms. The third-order valence-electron chi connectivity index (χ3n) is 2.44. The molecule has 0 amide bonds. The molecule has 0 unspecified atom stereocenters. The Morgan fingerprint density at radius 3 is 2.53 bits per heavy atom. The maximum absolute atomic E-state index is 6.06. The number of halogens is 2. The van der Waals surface area contributed by atoms with Crippen molar-refractivity contribution in [1.29, 1.82) is 0 Å². The molecule has 2 aromatic rings. The second-order valence-electron chi connectivity index (χ2n) is 4.01. The zero-order valence-corrected chi connectivity index (χ0v) is 12.7. The van der Waals surface area contributed by atoms with Gasteiger partial charge in [0.1, 0.15) is 0 Å². The summed E-state index contributed by atoms with van der Waals surface area (Å²) in [7, 11) is 1.85. The first kappa shape index (κ1) is 14.1. The Labute approximate surface area is 126 Å². The van der Waals surface area contributed by atoms with Crippen LogP contribution in [0.2, 0.25) is 10.0 Å². The van der Waals surface area contributed by atoms with Gasteiger partial charge in [0.15, 0.2) is 5.11 Å². The van der Waals surface area contributed by atoms with Crippen LogP contribution in [0.5, 0.6) is 0 Å². The van der Waals surface area contributed by atoms with E-state index in [9.17, 15) is 0 Å². The van der Waals surface area contributed by atoms with E-state index >= 15 is 0 Å². The van der Waals surface area contributed by atoms with Crippen LogP contribution in [0.3, 0.4) is 0 Å². The van der Waals surface area contributed by atoms with E-state index in [1.54, 1.807) is 22.9 Å². The first-order valence-electron chi connectivity index (χ1n) is 5.49. The quantitative estimate of drug-likeness (QED) is 0.826. The average Bonchev–Trinajstić information content (AvgIpc) is 2.61. The highest BCUT2D eigenvalue weighted by atomic mass is 35.5. The summed E-state index contributed by atoms with van der Waals surface area (Å²) >= 11 is 17.1. The van der Waals surface area contributed by atoms with Gasteiger partial charge in [0.2, 0.25) is 0 Å². The molecule has 0 aliphatic carbocycles.